The fourth-order valence-electron chi connectivity index (χ4n) is 2.59. The largest absolute Gasteiger partial charge is 0.393 e. The molecule has 92 valence electrons. The molecule has 1 aliphatic heterocycles. The van der Waals surface area contributed by atoms with Gasteiger partial charge in [-0.15, -0.1) is 0 Å². The van der Waals surface area contributed by atoms with Crippen LogP contribution in [0.5, 0.6) is 0 Å². The van der Waals surface area contributed by atoms with Gasteiger partial charge in [0.05, 0.1) is 12.7 Å². The maximum absolute atomic E-state index is 9.51. The lowest BCUT2D eigenvalue weighted by molar-refractivity contribution is -0.198. The zero-order valence-electron chi connectivity index (χ0n) is 9.71. The minimum atomic E-state index is -0.459. The summed E-state index contributed by atoms with van der Waals surface area (Å²) in [5.41, 5.74) is 1.07. The summed E-state index contributed by atoms with van der Waals surface area (Å²) in [6.45, 7) is 0.585. The summed E-state index contributed by atoms with van der Waals surface area (Å²) in [7, 11) is 0. The average Bonchev–Trinajstić information content (AvgIpc) is 2.79. The van der Waals surface area contributed by atoms with Gasteiger partial charge in [-0.25, -0.2) is 0 Å². The molecular weight excluding hydrogens is 218 g/mol. The van der Waals surface area contributed by atoms with Crippen LogP contribution in [0.4, 0.5) is 0 Å². The van der Waals surface area contributed by atoms with Crippen molar-refractivity contribution >= 4 is 0 Å². The predicted octanol–water partition coefficient (Wildman–Crippen LogP) is 1.80. The van der Waals surface area contributed by atoms with E-state index in [2.05, 4.69) is 4.98 Å². The van der Waals surface area contributed by atoms with E-state index >= 15 is 0 Å². The third-order valence-electron chi connectivity index (χ3n) is 3.63. The lowest BCUT2D eigenvalue weighted by Gasteiger charge is -2.33. The summed E-state index contributed by atoms with van der Waals surface area (Å²) >= 11 is 0. The molecule has 0 amide bonds. The number of rotatable bonds is 1. The molecular formula is C13H17NO3. The molecule has 2 heterocycles. The second-order valence-corrected chi connectivity index (χ2v) is 4.85. The van der Waals surface area contributed by atoms with Crippen molar-refractivity contribution in [3.8, 4) is 0 Å². The topological polar surface area (TPSA) is 51.6 Å². The van der Waals surface area contributed by atoms with E-state index in [1.165, 1.54) is 0 Å². The third kappa shape index (κ3) is 2.20. The zero-order valence-corrected chi connectivity index (χ0v) is 9.71. The first-order valence-electron chi connectivity index (χ1n) is 6.17. The van der Waals surface area contributed by atoms with Crippen LogP contribution in [-0.4, -0.2) is 28.6 Å². The molecule has 1 saturated heterocycles. The van der Waals surface area contributed by atoms with Crippen molar-refractivity contribution in [3.63, 3.8) is 0 Å². The SMILES string of the molecule is OC1CCC2(CC1)OCC(c1cccnc1)O2. The molecule has 1 unspecified atom stereocenters. The average molecular weight is 235 g/mol. The summed E-state index contributed by atoms with van der Waals surface area (Å²) in [6.07, 6.45) is 6.47. The first-order chi connectivity index (χ1) is 8.27. The Kier molecular flexibility index (Phi) is 2.86. The van der Waals surface area contributed by atoms with Gasteiger partial charge in [-0.05, 0) is 18.9 Å². The molecule has 1 aromatic heterocycles. The smallest absolute Gasteiger partial charge is 0.169 e. The Labute approximate surface area is 101 Å². The van der Waals surface area contributed by atoms with Gasteiger partial charge in [-0.2, -0.15) is 0 Å². The summed E-state index contributed by atoms with van der Waals surface area (Å²) < 4.78 is 11.9. The second-order valence-electron chi connectivity index (χ2n) is 4.85. The van der Waals surface area contributed by atoms with E-state index in [4.69, 9.17) is 9.47 Å². The maximum atomic E-state index is 9.51. The summed E-state index contributed by atoms with van der Waals surface area (Å²) in [5.74, 6) is -0.459. The molecule has 1 aromatic rings. The first kappa shape index (κ1) is 11.1. The van der Waals surface area contributed by atoms with E-state index in [-0.39, 0.29) is 12.2 Å². The van der Waals surface area contributed by atoms with E-state index in [1.807, 2.05) is 18.3 Å². The van der Waals surface area contributed by atoms with Crippen molar-refractivity contribution in [1.82, 2.24) is 4.98 Å². The fraction of sp³-hybridized carbons (Fsp3) is 0.615. The zero-order chi connectivity index (χ0) is 11.7. The van der Waals surface area contributed by atoms with E-state index < -0.39 is 5.79 Å². The maximum Gasteiger partial charge on any atom is 0.169 e. The van der Waals surface area contributed by atoms with Crippen molar-refractivity contribution in [2.75, 3.05) is 6.61 Å². The van der Waals surface area contributed by atoms with Crippen molar-refractivity contribution in [2.45, 2.75) is 43.7 Å². The summed E-state index contributed by atoms with van der Waals surface area (Å²) in [4.78, 5) is 4.10. The molecule has 1 spiro atoms. The molecule has 4 nitrogen and oxygen atoms in total. The Balaban J connectivity index is 1.70. The van der Waals surface area contributed by atoms with Gasteiger partial charge in [0.2, 0.25) is 0 Å². The summed E-state index contributed by atoms with van der Waals surface area (Å²) in [5, 5.41) is 9.51. The van der Waals surface area contributed by atoms with E-state index in [0.717, 1.165) is 31.2 Å². The Morgan fingerprint density at radius 3 is 2.88 bits per heavy atom. The van der Waals surface area contributed by atoms with Crippen LogP contribution in [0, 0.1) is 0 Å². The monoisotopic (exact) mass is 235 g/mol. The van der Waals surface area contributed by atoms with Gasteiger partial charge in [0, 0.05) is 30.8 Å². The molecule has 1 aliphatic carbocycles. The lowest BCUT2D eigenvalue weighted by atomic mass is 9.92. The van der Waals surface area contributed by atoms with Crippen LogP contribution < -0.4 is 0 Å². The summed E-state index contributed by atoms with van der Waals surface area (Å²) in [6, 6.07) is 3.92. The number of aliphatic hydroxyl groups is 1. The van der Waals surface area contributed by atoms with Crippen molar-refractivity contribution in [3.05, 3.63) is 30.1 Å². The number of aliphatic hydroxyl groups excluding tert-OH is 1. The Morgan fingerprint density at radius 2 is 2.18 bits per heavy atom. The van der Waals surface area contributed by atoms with Gasteiger partial charge in [0.15, 0.2) is 5.79 Å². The molecule has 1 atom stereocenters. The Hall–Kier alpha value is -0.970. The van der Waals surface area contributed by atoms with E-state index in [9.17, 15) is 5.11 Å². The normalized spacial score (nSPS) is 37.5. The highest BCUT2D eigenvalue weighted by molar-refractivity contribution is 5.13. The van der Waals surface area contributed by atoms with Crippen molar-refractivity contribution < 1.29 is 14.6 Å². The van der Waals surface area contributed by atoms with Gasteiger partial charge < -0.3 is 14.6 Å². The van der Waals surface area contributed by atoms with Crippen LogP contribution >= 0.6 is 0 Å². The number of ether oxygens (including phenoxy) is 2. The Morgan fingerprint density at radius 1 is 1.35 bits per heavy atom. The van der Waals surface area contributed by atoms with Gasteiger partial charge in [0.25, 0.3) is 0 Å². The molecule has 4 heteroatoms. The molecule has 0 aromatic carbocycles. The predicted molar refractivity (Wildman–Crippen MR) is 61.2 cm³/mol. The van der Waals surface area contributed by atoms with Crippen LogP contribution in [0.25, 0.3) is 0 Å². The van der Waals surface area contributed by atoms with Gasteiger partial charge in [-0.3, -0.25) is 4.98 Å². The second kappa shape index (κ2) is 4.37. The molecule has 0 bridgehead atoms. The number of pyridine rings is 1. The van der Waals surface area contributed by atoms with E-state index in [0.29, 0.717) is 6.61 Å². The van der Waals surface area contributed by atoms with Crippen LogP contribution in [0.3, 0.4) is 0 Å². The highest BCUT2D eigenvalue weighted by Crippen LogP contribution is 2.42. The molecule has 3 rings (SSSR count). The number of hydrogen-bond acceptors (Lipinski definition) is 4. The van der Waals surface area contributed by atoms with Crippen LogP contribution in [-0.2, 0) is 9.47 Å². The van der Waals surface area contributed by atoms with Crippen LogP contribution in [0.1, 0.15) is 37.4 Å². The van der Waals surface area contributed by atoms with Gasteiger partial charge in [0.1, 0.15) is 6.10 Å². The van der Waals surface area contributed by atoms with Crippen LogP contribution in [0.2, 0.25) is 0 Å². The molecule has 2 fully saturated rings. The Bertz CT molecular complexity index is 374. The minimum absolute atomic E-state index is 0.0149. The van der Waals surface area contributed by atoms with Crippen molar-refractivity contribution in [1.29, 1.82) is 0 Å². The quantitative estimate of drug-likeness (QED) is 0.806. The number of hydrogen-bond donors (Lipinski definition) is 1. The molecule has 1 N–H and O–H groups in total. The molecule has 2 aliphatic rings. The number of nitrogens with zero attached hydrogens (tertiary/aromatic N) is 1. The highest BCUT2D eigenvalue weighted by atomic mass is 16.7. The minimum Gasteiger partial charge on any atom is -0.393 e. The fourth-order valence-corrected chi connectivity index (χ4v) is 2.59. The van der Waals surface area contributed by atoms with Gasteiger partial charge >= 0.3 is 0 Å². The van der Waals surface area contributed by atoms with Crippen LogP contribution in [0.15, 0.2) is 24.5 Å². The highest BCUT2D eigenvalue weighted by Gasteiger charge is 2.44. The lowest BCUT2D eigenvalue weighted by Crippen LogP contribution is -2.36. The van der Waals surface area contributed by atoms with Gasteiger partial charge in [-0.1, -0.05) is 6.07 Å². The van der Waals surface area contributed by atoms with Crippen molar-refractivity contribution in [2.24, 2.45) is 0 Å². The molecule has 0 radical (unpaired) electrons. The first-order valence-corrected chi connectivity index (χ1v) is 6.17. The third-order valence-corrected chi connectivity index (χ3v) is 3.63. The molecule has 1 saturated carbocycles. The standard InChI is InChI=1S/C13H17NO3/c15-11-3-5-13(6-4-11)16-9-12(17-13)10-2-1-7-14-8-10/h1-2,7-8,11-12,15H,3-6,9H2. The molecule has 17 heavy (non-hydrogen) atoms. The van der Waals surface area contributed by atoms with E-state index in [1.54, 1.807) is 6.20 Å². The number of aromatic nitrogens is 1.